The van der Waals surface area contributed by atoms with Gasteiger partial charge in [-0.1, -0.05) is 49.6 Å². The number of amides is 1. The summed E-state index contributed by atoms with van der Waals surface area (Å²) in [6.07, 6.45) is 4.46. The number of benzene rings is 1. The fraction of sp³-hybridized carbons (Fsp3) is 0.529. The molecule has 1 fully saturated rings. The lowest BCUT2D eigenvalue weighted by Gasteiger charge is -2.29. The zero-order chi connectivity index (χ0) is 15.8. The van der Waals surface area contributed by atoms with Gasteiger partial charge in [-0.2, -0.15) is 0 Å². The molecule has 0 aromatic heterocycles. The van der Waals surface area contributed by atoms with Crippen molar-refractivity contribution in [1.82, 2.24) is 5.32 Å². The van der Waals surface area contributed by atoms with Crippen LogP contribution in [0.15, 0.2) is 30.3 Å². The Hall–Kier alpha value is -2.04. The van der Waals surface area contributed by atoms with Crippen LogP contribution in [0.2, 0.25) is 0 Å². The number of alkyl carbamates (subject to hydrolysis) is 1. The number of rotatable bonds is 8. The van der Waals surface area contributed by atoms with E-state index in [0.717, 1.165) is 12.0 Å². The Balaban J connectivity index is 1.76. The van der Waals surface area contributed by atoms with Crippen molar-refractivity contribution in [2.24, 2.45) is 5.92 Å². The van der Waals surface area contributed by atoms with Crippen LogP contribution in [0.3, 0.4) is 0 Å². The second-order valence-corrected chi connectivity index (χ2v) is 5.87. The van der Waals surface area contributed by atoms with E-state index < -0.39 is 12.1 Å². The van der Waals surface area contributed by atoms with Crippen molar-refractivity contribution in [3.8, 4) is 0 Å². The molecule has 0 radical (unpaired) electrons. The summed E-state index contributed by atoms with van der Waals surface area (Å²) in [6.45, 7) is 0.224. The van der Waals surface area contributed by atoms with Gasteiger partial charge in [-0.25, -0.2) is 4.79 Å². The van der Waals surface area contributed by atoms with Crippen molar-refractivity contribution in [3.63, 3.8) is 0 Å². The van der Waals surface area contributed by atoms with Crippen LogP contribution in [0.5, 0.6) is 0 Å². The molecular weight excluding hydrogens is 282 g/mol. The Morgan fingerprint density at radius 3 is 2.59 bits per heavy atom. The number of aliphatic carboxylic acids is 1. The zero-order valence-corrected chi connectivity index (χ0v) is 12.7. The molecule has 1 aromatic carbocycles. The highest BCUT2D eigenvalue weighted by Gasteiger charge is 2.24. The van der Waals surface area contributed by atoms with Crippen LogP contribution in [0.25, 0.3) is 0 Å². The first kappa shape index (κ1) is 16.3. The van der Waals surface area contributed by atoms with Crippen LogP contribution >= 0.6 is 0 Å². The number of hydrogen-bond donors (Lipinski definition) is 2. The molecule has 1 amide bonds. The monoisotopic (exact) mass is 305 g/mol. The van der Waals surface area contributed by atoms with Gasteiger partial charge in [-0.3, -0.25) is 4.79 Å². The van der Waals surface area contributed by atoms with E-state index in [-0.39, 0.29) is 19.1 Å². The van der Waals surface area contributed by atoms with Crippen molar-refractivity contribution in [2.45, 2.75) is 51.2 Å². The summed E-state index contributed by atoms with van der Waals surface area (Å²) < 4.78 is 5.20. The van der Waals surface area contributed by atoms with Crippen LogP contribution in [0, 0.1) is 5.92 Å². The van der Waals surface area contributed by atoms with Gasteiger partial charge in [0.25, 0.3) is 0 Å². The molecular formula is C17H23NO4. The molecule has 22 heavy (non-hydrogen) atoms. The fourth-order valence-corrected chi connectivity index (χ4v) is 2.61. The first-order valence-corrected chi connectivity index (χ1v) is 7.82. The molecule has 1 saturated carbocycles. The Bertz CT molecular complexity index is 485. The van der Waals surface area contributed by atoms with Gasteiger partial charge in [0, 0.05) is 12.5 Å². The predicted octanol–water partition coefficient (Wildman–Crippen LogP) is 3.34. The normalized spacial score (nSPS) is 15.6. The van der Waals surface area contributed by atoms with Crippen LogP contribution in [-0.2, 0) is 16.1 Å². The largest absolute Gasteiger partial charge is 0.481 e. The molecule has 0 spiro atoms. The minimum Gasteiger partial charge on any atom is -0.481 e. The van der Waals surface area contributed by atoms with E-state index in [2.05, 4.69) is 5.32 Å². The molecule has 5 heteroatoms. The highest BCUT2D eigenvalue weighted by molar-refractivity contribution is 5.68. The molecule has 1 aliphatic carbocycles. The quantitative estimate of drug-likeness (QED) is 0.772. The highest BCUT2D eigenvalue weighted by Crippen LogP contribution is 2.31. The van der Waals surface area contributed by atoms with Gasteiger partial charge < -0.3 is 15.2 Å². The molecule has 1 aromatic rings. The second kappa shape index (κ2) is 8.41. The number of carboxylic acid groups (broad SMARTS) is 1. The van der Waals surface area contributed by atoms with Crippen LogP contribution in [-0.4, -0.2) is 23.2 Å². The maximum Gasteiger partial charge on any atom is 0.407 e. The SMILES string of the molecule is O=C(O)CCC(CC1CCC1)NC(=O)OCc1ccccc1. The molecule has 5 nitrogen and oxygen atoms in total. The molecule has 0 aliphatic heterocycles. The maximum atomic E-state index is 11.9. The maximum absolute atomic E-state index is 11.9. The Kier molecular flexibility index (Phi) is 6.25. The predicted molar refractivity (Wildman–Crippen MR) is 82.4 cm³/mol. The lowest BCUT2D eigenvalue weighted by Crippen LogP contribution is -2.38. The molecule has 0 heterocycles. The van der Waals surface area contributed by atoms with Crippen molar-refractivity contribution in [3.05, 3.63) is 35.9 Å². The Morgan fingerprint density at radius 2 is 2.00 bits per heavy atom. The molecule has 1 atom stereocenters. The second-order valence-electron chi connectivity index (χ2n) is 5.87. The lowest BCUT2D eigenvalue weighted by atomic mass is 9.80. The zero-order valence-electron chi connectivity index (χ0n) is 12.7. The summed E-state index contributed by atoms with van der Waals surface area (Å²) in [5, 5.41) is 11.6. The summed E-state index contributed by atoms with van der Waals surface area (Å²) >= 11 is 0. The van der Waals surface area contributed by atoms with Gasteiger partial charge in [0.05, 0.1) is 0 Å². The van der Waals surface area contributed by atoms with Gasteiger partial charge in [-0.15, -0.1) is 0 Å². The van der Waals surface area contributed by atoms with E-state index in [1.54, 1.807) is 0 Å². The van der Waals surface area contributed by atoms with Gasteiger partial charge in [0.1, 0.15) is 6.61 Å². The number of carbonyl (C=O) groups is 2. The number of carbonyl (C=O) groups excluding carboxylic acids is 1. The summed E-state index contributed by atoms with van der Waals surface area (Å²) in [5.74, 6) is -0.230. The lowest BCUT2D eigenvalue weighted by molar-refractivity contribution is -0.137. The summed E-state index contributed by atoms with van der Waals surface area (Å²) in [4.78, 5) is 22.6. The summed E-state index contributed by atoms with van der Waals surface area (Å²) in [7, 11) is 0. The number of carboxylic acids is 1. The third kappa shape index (κ3) is 5.76. The van der Waals surface area contributed by atoms with Gasteiger partial charge in [-0.05, 0) is 24.3 Å². The topological polar surface area (TPSA) is 75.6 Å². The average Bonchev–Trinajstić information content (AvgIpc) is 2.47. The van der Waals surface area contributed by atoms with E-state index >= 15 is 0 Å². The molecule has 0 bridgehead atoms. The van der Waals surface area contributed by atoms with E-state index in [0.29, 0.717) is 12.3 Å². The molecule has 1 unspecified atom stereocenters. The van der Waals surface area contributed by atoms with Gasteiger partial charge >= 0.3 is 12.1 Å². The van der Waals surface area contributed by atoms with E-state index in [9.17, 15) is 9.59 Å². The standard InChI is InChI=1S/C17H23NO4/c19-16(20)10-9-15(11-13-7-4-8-13)18-17(21)22-12-14-5-2-1-3-6-14/h1-3,5-6,13,15H,4,7-12H2,(H,18,21)(H,19,20). The average molecular weight is 305 g/mol. The van der Waals surface area contributed by atoms with Crippen molar-refractivity contribution in [1.29, 1.82) is 0 Å². The first-order chi connectivity index (χ1) is 10.6. The molecule has 1 aliphatic rings. The van der Waals surface area contributed by atoms with Crippen molar-refractivity contribution >= 4 is 12.1 Å². The van der Waals surface area contributed by atoms with E-state index in [1.807, 2.05) is 30.3 Å². The van der Waals surface area contributed by atoms with Crippen LogP contribution in [0.1, 0.15) is 44.1 Å². The Morgan fingerprint density at radius 1 is 1.27 bits per heavy atom. The summed E-state index contributed by atoms with van der Waals surface area (Å²) in [6, 6.07) is 9.35. The summed E-state index contributed by atoms with van der Waals surface area (Å²) in [5.41, 5.74) is 0.929. The third-order valence-corrected chi connectivity index (χ3v) is 4.08. The molecule has 2 rings (SSSR count). The first-order valence-electron chi connectivity index (χ1n) is 7.82. The van der Waals surface area contributed by atoms with Gasteiger partial charge in [0.2, 0.25) is 0 Å². The number of ether oxygens (including phenoxy) is 1. The number of hydrogen-bond acceptors (Lipinski definition) is 3. The molecule has 2 N–H and O–H groups in total. The van der Waals surface area contributed by atoms with Crippen LogP contribution < -0.4 is 5.32 Å². The minimum atomic E-state index is -0.835. The highest BCUT2D eigenvalue weighted by atomic mass is 16.5. The van der Waals surface area contributed by atoms with E-state index in [4.69, 9.17) is 9.84 Å². The van der Waals surface area contributed by atoms with Crippen molar-refractivity contribution < 1.29 is 19.4 Å². The van der Waals surface area contributed by atoms with Crippen LogP contribution in [0.4, 0.5) is 4.79 Å². The third-order valence-electron chi connectivity index (χ3n) is 4.08. The van der Waals surface area contributed by atoms with Gasteiger partial charge in [0.15, 0.2) is 0 Å². The van der Waals surface area contributed by atoms with E-state index in [1.165, 1.54) is 19.3 Å². The minimum absolute atomic E-state index is 0.0658. The number of nitrogens with one attached hydrogen (secondary N) is 1. The van der Waals surface area contributed by atoms with Crippen molar-refractivity contribution in [2.75, 3.05) is 0 Å². The smallest absolute Gasteiger partial charge is 0.407 e. The Labute approximate surface area is 130 Å². The molecule has 0 saturated heterocycles. The molecule has 120 valence electrons. The fourth-order valence-electron chi connectivity index (χ4n) is 2.61.